The second-order valence-electron chi connectivity index (χ2n) is 4.62. The van der Waals surface area contributed by atoms with E-state index in [0.717, 1.165) is 12.8 Å². The van der Waals surface area contributed by atoms with Gasteiger partial charge in [0.2, 0.25) is 0 Å². The van der Waals surface area contributed by atoms with Crippen molar-refractivity contribution in [3.63, 3.8) is 0 Å². The zero-order valence-corrected chi connectivity index (χ0v) is 9.74. The van der Waals surface area contributed by atoms with Crippen molar-refractivity contribution in [1.82, 2.24) is 0 Å². The SMILES string of the molecule is CC(=O)O[C@H](C)C[C@H](O)C1CCCCC1. The topological polar surface area (TPSA) is 46.5 Å². The number of hydrogen-bond donors (Lipinski definition) is 1. The predicted molar refractivity (Wildman–Crippen MR) is 58.4 cm³/mol. The molecule has 0 unspecified atom stereocenters. The number of carbonyl (C=O) groups is 1. The van der Waals surface area contributed by atoms with Gasteiger partial charge in [-0.2, -0.15) is 0 Å². The molecule has 1 aliphatic carbocycles. The van der Waals surface area contributed by atoms with Crippen LogP contribution in [0.1, 0.15) is 52.4 Å². The van der Waals surface area contributed by atoms with Gasteiger partial charge in [0.25, 0.3) is 0 Å². The van der Waals surface area contributed by atoms with E-state index in [9.17, 15) is 9.90 Å². The Balaban J connectivity index is 2.26. The average Bonchev–Trinajstić information content (AvgIpc) is 2.17. The molecule has 1 rings (SSSR count). The zero-order chi connectivity index (χ0) is 11.3. The molecule has 1 N–H and O–H groups in total. The van der Waals surface area contributed by atoms with Crippen LogP contribution in [-0.2, 0) is 9.53 Å². The molecule has 0 aromatic carbocycles. The lowest BCUT2D eigenvalue weighted by molar-refractivity contribution is -0.147. The van der Waals surface area contributed by atoms with Crippen LogP contribution in [0.3, 0.4) is 0 Å². The molecule has 88 valence electrons. The second-order valence-corrected chi connectivity index (χ2v) is 4.62. The van der Waals surface area contributed by atoms with Crippen molar-refractivity contribution in [3.8, 4) is 0 Å². The summed E-state index contributed by atoms with van der Waals surface area (Å²) in [6.45, 7) is 3.25. The van der Waals surface area contributed by atoms with Crippen LogP contribution >= 0.6 is 0 Å². The maximum absolute atomic E-state index is 10.7. The first-order valence-corrected chi connectivity index (χ1v) is 5.95. The first-order valence-electron chi connectivity index (χ1n) is 5.95. The Morgan fingerprint density at radius 1 is 1.40 bits per heavy atom. The van der Waals surface area contributed by atoms with Crippen LogP contribution in [-0.4, -0.2) is 23.3 Å². The van der Waals surface area contributed by atoms with E-state index in [1.807, 2.05) is 6.92 Å². The molecule has 0 amide bonds. The van der Waals surface area contributed by atoms with Gasteiger partial charge in [-0.25, -0.2) is 0 Å². The number of aliphatic hydroxyl groups excluding tert-OH is 1. The van der Waals surface area contributed by atoms with Crippen LogP contribution in [0.15, 0.2) is 0 Å². The Kier molecular flexibility index (Phi) is 5.09. The second kappa shape index (κ2) is 6.11. The largest absolute Gasteiger partial charge is 0.463 e. The van der Waals surface area contributed by atoms with Gasteiger partial charge in [-0.05, 0) is 25.7 Å². The molecule has 0 aromatic heterocycles. The third-order valence-corrected chi connectivity index (χ3v) is 3.13. The summed E-state index contributed by atoms with van der Waals surface area (Å²) >= 11 is 0. The maximum Gasteiger partial charge on any atom is 0.302 e. The molecule has 0 aliphatic heterocycles. The van der Waals surface area contributed by atoms with Crippen LogP contribution in [0, 0.1) is 5.92 Å². The van der Waals surface area contributed by atoms with Crippen LogP contribution in [0.4, 0.5) is 0 Å². The Morgan fingerprint density at radius 3 is 2.53 bits per heavy atom. The number of hydrogen-bond acceptors (Lipinski definition) is 3. The summed E-state index contributed by atoms with van der Waals surface area (Å²) in [6, 6.07) is 0. The molecule has 1 aliphatic rings. The Morgan fingerprint density at radius 2 is 2.00 bits per heavy atom. The van der Waals surface area contributed by atoms with E-state index in [2.05, 4.69) is 0 Å². The highest BCUT2D eigenvalue weighted by Gasteiger charge is 2.23. The molecular formula is C12H22O3. The van der Waals surface area contributed by atoms with Gasteiger partial charge >= 0.3 is 5.97 Å². The van der Waals surface area contributed by atoms with Gasteiger partial charge in [0.05, 0.1) is 6.10 Å². The molecule has 1 saturated carbocycles. The summed E-state index contributed by atoms with van der Waals surface area (Å²) in [6.07, 6.45) is 6.08. The summed E-state index contributed by atoms with van der Waals surface area (Å²) in [5.74, 6) is 0.148. The predicted octanol–water partition coefficient (Wildman–Crippen LogP) is 2.27. The van der Waals surface area contributed by atoms with Crippen molar-refractivity contribution >= 4 is 5.97 Å². The third kappa shape index (κ3) is 4.65. The van der Waals surface area contributed by atoms with Gasteiger partial charge in [-0.3, -0.25) is 4.79 Å². The Hall–Kier alpha value is -0.570. The number of carbonyl (C=O) groups excluding carboxylic acids is 1. The number of esters is 1. The van der Waals surface area contributed by atoms with E-state index in [0.29, 0.717) is 12.3 Å². The third-order valence-electron chi connectivity index (χ3n) is 3.13. The smallest absolute Gasteiger partial charge is 0.302 e. The lowest BCUT2D eigenvalue weighted by atomic mass is 9.83. The maximum atomic E-state index is 10.7. The molecular weight excluding hydrogens is 192 g/mol. The van der Waals surface area contributed by atoms with Crippen molar-refractivity contribution in [3.05, 3.63) is 0 Å². The number of rotatable bonds is 4. The minimum atomic E-state index is -0.306. The molecule has 2 atom stereocenters. The minimum absolute atomic E-state index is 0.167. The molecule has 1 fully saturated rings. The van der Waals surface area contributed by atoms with Gasteiger partial charge in [-0.1, -0.05) is 19.3 Å². The van der Waals surface area contributed by atoms with Gasteiger partial charge in [0.15, 0.2) is 0 Å². The summed E-state index contributed by atoms with van der Waals surface area (Å²) in [7, 11) is 0. The standard InChI is InChI=1S/C12H22O3/c1-9(15-10(2)13)8-12(14)11-6-4-3-5-7-11/h9,11-12,14H,3-8H2,1-2H3/t9-,12+/m1/s1. The summed E-state index contributed by atoms with van der Waals surface area (Å²) in [5.41, 5.74) is 0. The average molecular weight is 214 g/mol. The van der Waals surface area contributed by atoms with Crippen molar-refractivity contribution in [2.75, 3.05) is 0 Å². The highest BCUT2D eigenvalue weighted by molar-refractivity contribution is 5.66. The van der Waals surface area contributed by atoms with E-state index in [-0.39, 0.29) is 18.2 Å². The molecule has 0 aromatic rings. The van der Waals surface area contributed by atoms with Crippen molar-refractivity contribution in [1.29, 1.82) is 0 Å². The molecule has 3 nitrogen and oxygen atoms in total. The molecule has 0 bridgehead atoms. The summed E-state index contributed by atoms with van der Waals surface area (Å²) in [4.78, 5) is 10.7. The lowest BCUT2D eigenvalue weighted by Crippen LogP contribution is -2.28. The van der Waals surface area contributed by atoms with Crippen molar-refractivity contribution in [2.45, 2.75) is 64.6 Å². The zero-order valence-electron chi connectivity index (χ0n) is 9.74. The van der Waals surface area contributed by atoms with E-state index in [1.54, 1.807) is 0 Å². The van der Waals surface area contributed by atoms with Gasteiger partial charge < -0.3 is 9.84 Å². The summed E-state index contributed by atoms with van der Waals surface area (Å²) in [5, 5.41) is 9.97. The highest BCUT2D eigenvalue weighted by Crippen LogP contribution is 2.28. The normalized spacial score (nSPS) is 22.1. The van der Waals surface area contributed by atoms with Crippen LogP contribution in [0.25, 0.3) is 0 Å². The lowest BCUT2D eigenvalue weighted by Gasteiger charge is -2.28. The monoisotopic (exact) mass is 214 g/mol. The quantitative estimate of drug-likeness (QED) is 0.730. The number of aliphatic hydroxyl groups is 1. The molecule has 0 heterocycles. The molecule has 15 heavy (non-hydrogen) atoms. The number of ether oxygens (including phenoxy) is 1. The first-order chi connectivity index (χ1) is 7.09. The van der Waals surface area contributed by atoms with Gasteiger partial charge in [0.1, 0.15) is 6.10 Å². The Bertz CT molecular complexity index is 197. The fourth-order valence-corrected chi connectivity index (χ4v) is 2.38. The summed E-state index contributed by atoms with van der Waals surface area (Å²) < 4.78 is 5.01. The van der Waals surface area contributed by atoms with E-state index >= 15 is 0 Å². The van der Waals surface area contributed by atoms with Crippen LogP contribution < -0.4 is 0 Å². The van der Waals surface area contributed by atoms with E-state index < -0.39 is 0 Å². The molecule has 0 radical (unpaired) electrons. The van der Waals surface area contributed by atoms with E-state index in [4.69, 9.17) is 4.74 Å². The van der Waals surface area contributed by atoms with Gasteiger partial charge in [-0.15, -0.1) is 0 Å². The van der Waals surface area contributed by atoms with Crippen molar-refractivity contribution < 1.29 is 14.6 Å². The first kappa shape index (κ1) is 12.5. The van der Waals surface area contributed by atoms with Crippen LogP contribution in [0.5, 0.6) is 0 Å². The molecule has 3 heteroatoms. The molecule has 0 spiro atoms. The Labute approximate surface area is 91.8 Å². The minimum Gasteiger partial charge on any atom is -0.463 e. The molecule has 0 saturated heterocycles. The fourth-order valence-electron chi connectivity index (χ4n) is 2.38. The fraction of sp³-hybridized carbons (Fsp3) is 0.917. The van der Waals surface area contributed by atoms with Crippen LogP contribution in [0.2, 0.25) is 0 Å². The van der Waals surface area contributed by atoms with E-state index in [1.165, 1.54) is 26.2 Å². The van der Waals surface area contributed by atoms with Gasteiger partial charge in [0, 0.05) is 13.3 Å². The highest BCUT2D eigenvalue weighted by atomic mass is 16.5. The van der Waals surface area contributed by atoms with Crippen molar-refractivity contribution in [2.24, 2.45) is 5.92 Å².